The molecule has 0 spiro atoms. The predicted octanol–water partition coefficient (Wildman–Crippen LogP) is 5.03. The van der Waals surface area contributed by atoms with Gasteiger partial charge in [0, 0.05) is 30.2 Å². The van der Waals surface area contributed by atoms with Gasteiger partial charge in [0.05, 0.1) is 6.26 Å². The molecule has 4 rings (SSSR count). The summed E-state index contributed by atoms with van der Waals surface area (Å²) in [4.78, 5) is 10.7. The molecule has 3 aromatic carbocycles. The van der Waals surface area contributed by atoms with Crippen LogP contribution in [0.3, 0.4) is 0 Å². The SMILES string of the molecule is CN(c1ccccc1)c1cc(Nc2cccc(-c3ccc(NS(C)(=O)=O)cc3)c2)ncn1. The van der Waals surface area contributed by atoms with Gasteiger partial charge in [0.2, 0.25) is 10.0 Å². The highest BCUT2D eigenvalue weighted by atomic mass is 32.2. The zero-order valence-electron chi connectivity index (χ0n) is 17.7. The molecule has 7 nitrogen and oxygen atoms in total. The number of benzene rings is 3. The maximum Gasteiger partial charge on any atom is 0.229 e. The van der Waals surface area contributed by atoms with E-state index in [2.05, 4.69) is 20.0 Å². The molecule has 0 amide bonds. The van der Waals surface area contributed by atoms with Crippen molar-refractivity contribution < 1.29 is 8.42 Å². The van der Waals surface area contributed by atoms with Crippen LogP contribution in [0.2, 0.25) is 0 Å². The molecule has 0 unspecified atom stereocenters. The molecule has 4 aromatic rings. The van der Waals surface area contributed by atoms with Gasteiger partial charge in [-0.3, -0.25) is 4.72 Å². The average Bonchev–Trinajstić information content (AvgIpc) is 2.79. The fourth-order valence-electron chi connectivity index (χ4n) is 3.25. The second-order valence-corrected chi connectivity index (χ2v) is 9.06. The van der Waals surface area contributed by atoms with Gasteiger partial charge in [0.25, 0.3) is 0 Å². The minimum absolute atomic E-state index is 0.529. The van der Waals surface area contributed by atoms with Crippen molar-refractivity contribution in [2.75, 3.05) is 28.2 Å². The zero-order chi connectivity index (χ0) is 22.6. The summed E-state index contributed by atoms with van der Waals surface area (Å²) >= 11 is 0. The lowest BCUT2D eigenvalue weighted by molar-refractivity contribution is 0.607. The molecule has 0 atom stereocenters. The number of hydrogen-bond donors (Lipinski definition) is 2. The lowest BCUT2D eigenvalue weighted by Gasteiger charge is -2.18. The number of para-hydroxylation sites is 1. The Morgan fingerprint density at radius 2 is 1.53 bits per heavy atom. The van der Waals surface area contributed by atoms with E-state index in [0.29, 0.717) is 11.5 Å². The summed E-state index contributed by atoms with van der Waals surface area (Å²) < 4.78 is 25.2. The first-order chi connectivity index (χ1) is 15.4. The highest BCUT2D eigenvalue weighted by Gasteiger charge is 2.08. The monoisotopic (exact) mass is 445 g/mol. The van der Waals surface area contributed by atoms with Crippen LogP contribution in [0.4, 0.5) is 28.7 Å². The summed E-state index contributed by atoms with van der Waals surface area (Å²) in [5.74, 6) is 1.46. The maximum atomic E-state index is 11.4. The Hall–Kier alpha value is -3.91. The molecule has 32 heavy (non-hydrogen) atoms. The van der Waals surface area contributed by atoms with Gasteiger partial charge in [0.1, 0.15) is 18.0 Å². The Kier molecular flexibility index (Phi) is 6.04. The Balaban J connectivity index is 1.52. The molecule has 0 radical (unpaired) electrons. The van der Waals surface area contributed by atoms with Crippen LogP contribution in [0.25, 0.3) is 11.1 Å². The number of hydrogen-bond acceptors (Lipinski definition) is 6. The highest BCUT2D eigenvalue weighted by molar-refractivity contribution is 7.92. The average molecular weight is 446 g/mol. The standard InChI is InChI=1S/C24H23N5O2S/c1-29(22-9-4-3-5-10-22)24-16-23(25-17-26-24)27-21-8-6-7-19(15-21)18-11-13-20(14-12-18)28-32(2,30)31/h3-17,28H,1-2H3,(H,25,26,27). The van der Waals surface area contributed by atoms with E-state index in [0.717, 1.165) is 34.6 Å². The Bertz CT molecular complexity index is 1310. The third-order valence-electron chi connectivity index (χ3n) is 4.80. The van der Waals surface area contributed by atoms with Gasteiger partial charge in [-0.1, -0.05) is 42.5 Å². The highest BCUT2D eigenvalue weighted by Crippen LogP contribution is 2.27. The number of aromatic nitrogens is 2. The van der Waals surface area contributed by atoms with Crippen molar-refractivity contribution in [3.63, 3.8) is 0 Å². The molecule has 0 bridgehead atoms. The van der Waals surface area contributed by atoms with Crippen LogP contribution >= 0.6 is 0 Å². The van der Waals surface area contributed by atoms with Gasteiger partial charge >= 0.3 is 0 Å². The molecule has 1 heterocycles. The van der Waals surface area contributed by atoms with Crippen molar-refractivity contribution in [3.8, 4) is 11.1 Å². The molecule has 0 aliphatic carbocycles. The number of nitrogens with zero attached hydrogens (tertiary/aromatic N) is 3. The summed E-state index contributed by atoms with van der Waals surface area (Å²) in [5, 5.41) is 3.33. The van der Waals surface area contributed by atoms with Crippen molar-refractivity contribution in [2.45, 2.75) is 0 Å². The largest absolute Gasteiger partial charge is 0.340 e. The molecule has 1 aromatic heterocycles. The number of anilines is 5. The van der Waals surface area contributed by atoms with E-state index in [9.17, 15) is 8.42 Å². The second-order valence-electron chi connectivity index (χ2n) is 7.31. The molecule has 8 heteroatoms. The van der Waals surface area contributed by atoms with Gasteiger partial charge in [0.15, 0.2) is 0 Å². The molecule has 0 aliphatic heterocycles. The molecule has 0 saturated heterocycles. The number of rotatable bonds is 7. The lowest BCUT2D eigenvalue weighted by atomic mass is 10.0. The van der Waals surface area contributed by atoms with E-state index in [1.807, 2.05) is 84.7 Å². The summed E-state index contributed by atoms with van der Waals surface area (Å²) in [6.45, 7) is 0. The quantitative estimate of drug-likeness (QED) is 0.415. The van der Waals surface area contributed by atoms with Crippen molar-refractivity contribution in [1.29, 1.82) is 0 Å². The maximum absolute atomic E-state index is 11.4. The molecule has 2 N–H and O–H groups in total. The summed E-state index contributed by atoms with van der Waals surface area (Å²) in [6.07, 6.45) is 2.67. The molecule has 0 saturated carbocycles. The second kappa shape index (κ2) is 9.07. The third kappa shape index (κ3) is 5.41. The van der Waals surface area contributed by atoms with Crippen LogP contribution in [0, 0.1) is 0 Å². The zero-order valence-corrected chi connectivity index (χ0v) is 18.5. The lowest BCUT2D eigenvalue weighted by Crippen LogP contribution is -2.11. The van der Waals surface area contributed by atoms with E-state index >= 15 is 0 Å². The van der Waals surface area contributed by atoms with Crippen LogP contribution in [-0.2, 0) is 10.0 Å². The fraction of sp³-hybridized carbons (Fsp3) is 0.0833. The van der Waals surface area contributed by atoms with Gasteiger partial charge in [-0.25, -0.2) is 18.4 Å². The Morgan fingerprint density at radius 3 is 2.25 bits per heavy atom. The minimum Gasteiger partial charge on any atom is -0.340 e. The van der Waals surface area contributed by atoms with Crippen LogP contribution in [-0.4, -0.2) is 31.7 Å². The predicted molar refractivity (Wildman–Crippen MR) is 130 cm³/mol. The van der Waals surface area contributed by atoms with Crippen LogP contribution in [0.5, 0.6) is 0 Å². The Labute approximate surface area is 187 Å². The fourth-order valence-corrected chi connectivity index (χ4v) is 3.82. The normalized spacial score (nSPS) is 11.1. The Morgan fingerprint density at radius 1 is 0.781 bits per heavy atom. The molecule has 162 valence electrons. The molecular weight excluding hydrogens is 422 g/mol. The van der Waals surface area contributed by atoms with Crippen LogP contribution < -0.4 is 14.9 Å². The first-order valence-corrected chi connectivity index (χ1v) is 11.8. The van der Waals surface area contributed by atoms with Crippen molar-refractivity contribution in [3.05, 3.63) is 91.3 Å². The smallest absolute Gasteiger partial charge is 0.229 e. The molecule has 0 fully saturated rings. The van der Waals surface area contributed by atoms with Crippen molar-refractivity contribution in [2.24, 2.45) is 0 Å². The van der Waals surface area contributed by atoms with Gasteiger partial charge < -0.3 is 10.2 Å². The summed E-state index contributed by atoms with van der Waals surface area (Å²) in [6, 6.07) is 27.1. The van der Waals surface area contributed by atoms with Crippen molar-refractivity contribution in [1.82, 2.24) is 9.97 Å². The van der Waals surface area contributed by atoms with E-state index in [4.69, 9.17) is 0 Å². The molecule has 0 aliphatic rings. The van der Waals surface area contributed by atoms with Crippen LogP contribution in [0.15, 0.2) is 91.3 Å². The third-order valence-corrected chi connectivity index (χ3v) is 5.40. The first-order valence-electron chi connectivity index (χ1n) is 9.93. The van der Waals surface area contributed by atoms with Gasteiger partial charge in [-0.2, -0.15) is 0 Å². The first kappa shape index (κ1) is 21.3. The molecular formula is C24H23N5O2S. The van der Waals surface area contributed by atoms with E-state index in [-0.39, 0.29) is 0 Å². The van der Waals surface area contributed by atoms with E-state index in [1.54, 1.807) is 12.1 Å². The van der Waals surface area contributed by atoms with Crippen molar-refractivity contribution >= 4 is 38.7 Å². The topological polar surface area (TPSA) is 87.2 Å². The van der Waals surface area contributed by atoms with E-state index in [1.165, 1.54) is 6.33 Å². The van der Waals surface area contributed by atoms with Gasteiger partial charge in [-0.05, 0) is 47.5 Å². The number of sulfonamides is 1. The van der Waals surface area contributed by atoms with Gasteiger partial charge in [-0.15, -0.1) is 0 Å². The van der Waals surface area contributed by atoms with Crippen LogP contribution in [0.1, 0.15) is 0 Å². The minimum atomic E-state index is -3.30. The summed E-state index contributed by atoms with van der Waals surface area (Å²) in [7, 11) is -1.34. The summed E-state index contributed by atoms with van der Waals surface area (Å²) in [5.41, 5.74) is 4.42. The van der Waals surface area contributed by atoms with E-state index < -0.39 is 10.0 Å². The number of nitrogens with one attached hydrogen (secondary N) is 2.